The van der Waals surface area contributed by atoms with Crippen LogP contribution in [0.3, 0.4) is 0 Å². The Morgan fingerprint density at radius 1 is 0.889 bits per heavy atom. The van der Waals surface area contributed by atoms with E-state index in [1.807, 2.05) is 24.1 Å². The van der Waals surface area contributed by atoms with Gasteiger partial charge in [0.05, 0.1) is 29.8 Å². The number of fused-ring (bicyclic) bond motifs is 1. The standard InChI is InChI=1S/C28H28N4O4/c1-2-36-25-10-9-20(19-32-27(34)22-7-3-4-8-23(22)28(32)35)16-24(25)26(33)31-14-12-30(13-15-31)18-21-6-5-11-29-17-21/h3-11,16-17H,2,12-15,18-19H2,1H3. The van der Waals surface area contributed by atoms with Gasteiger partial charge in [-0.25, -0.2) is 0 Å². The summed E-state index contributed by atoms with van der Waals surface area (Å²) in [5.41, 5.74) is 3.12. The second-order valence-corrected chi connectivity index (χ2v) is 8.94. The van der Waals surface area contributed by atoms with Crippen LogP contribution in [0.2, 0.25) is 0 Å². The van der Waals surface area contributed by atoms with Gasteiger partial charge in [0.25, 0.3) is 17.7 Å². The van der Waals surface area contributed by atoms with Gasteiger partial charge in [0.2, 0.25) is 0 Å². The van der Waals surface area contributed by atoms with Crippen LogP contribution in [-0.4, -0.2) is 70.2 Å². The third-order valence-corrected chi connectivity index (χ3v) is 6.58. The minimum atomic E-state index is -0.318. The Labute approximate surface area is 210 Å². The highest BCUT2D eigenvalue weighted by Gasteiger charge is 2.35. The smallest absolute Gasteiger partial charge is 0.261 e. The molecule has 184 valence electrons. The summed E-state index contributed by atoms with van der Waals surface area (Å²) in [6, 6.07) is 16.1. The molecule has 0 aliphatic carbocycles. The van der Waals surface area contributed by atoms with Crippen molar-refractivity contribution in [1.29, 1.82) is 0 Å². The topological polar surface area (TPSA) is 83.0 Å². The maximum absolute atomic E-state index is 13.5. The fourth-order valence-electron chi connectivity index (χ4n) is 4.72. The van der Waals surface area contributed by atoms with Gasteiger partial charge in [-0.05, 0) is 48.4 Å². The quantitative estimate of drug-likeness (QED) is 0.479. The SMILES string of the molecule is CCOc1ccc(CN2C(=O)c3ccccc3C2=O)cc1C(=O)N1CCN(Cc2cccnc2)CC1. The molecule has 0 radical (unpaired) electrons. The molecule has 3 heterocycles. The molecule has 8 nitrogen and oxygen atoms in total. The zero-order chi connectivity index (χ0) is 25.1. The third kappa shape index (κ3) is 4.72. The molecule has 1 aromatic heterocycles. The lowest BCUT2D eigenvalue weighted by Crippen LogP contribution is -2.48. The average Bonchev–Trinajstić information content (AvgIpc) is 3.15. The highest BCUT2D eigenvalue weighted by molar-refractivity contribution is 6.21. The Kier molecular flexibility index (Phi) is 6.77. The molecule has 2 aliphatic rings. The van der Waals surface area contributed by atoms with E-state index in [0.29, 0.717) is 47.7 Å². The van der Waals surface area contributed by atoms with Crippen molar-refractivity contribution in [3.63, 3.8) is 0 Å². The molecule has 0 saturated carbocycles. The minimum Gasteiger partial charge on any atom is -0.493 e. The number of benzene rings is 2. The summed E-state index contributed by atoms with van der Waals surface area (Å²) in [6.45, 7) is 5.93. The van der Waals surface area contributed by atoms with E-state index in [2.05, 4.69) is 16.0 Å². The van der Waals surface area contributed by atoms with Crippen molar-refractivity contribution >= 4 is 17.7 Å². The van der Waals surface area contributed by atoms with E-state index in [9.17, 15) is 14.4 Å². The molecular formula is C28H28N4O4. The molecule has 0 N–H and O–H groups in total. The summed E-state index contributed by atoms with van der Waals surface area (Å²) in [7, 11) is 0. The minimum absolute atomic E-state index is 0.0952. The van der Waals surface area contributed by atoms with Crippen LogP contribution in [0.15, 0.2) is 67.0 Å². The van der Waals surface area contributed by atoms with Gasteiger partial charge in [0.1, 0.15) is 5.75 Å². The van der Waals surface area contributed by atoms with E-state index in [0.717, 1.165) is 25.2 Å². The maximum Gasteiger partial charge on any atom is 0.261 e. The summed E-state index contributed by atoms with van der Waals surface area (Å²) in [6.07, 6.45) is 3.63. The molecule has 2 aromatic carbocycles. The van der Waals surface area contributed by atoms with Gasteiger partial charge >= 0.3 is 0 Å². The number of rotatable bonds is 7. The van der Waals surface area contributed by atoms with E-state index in [-0.39, 0.29) is 24.3 Å². The maximum atomic E-state index is 13.5. The lowest BCUT2D eigenvalue weighted by atomic mass is 10.1. The Bertz CT molecular complexity index is 1250. The fraction of sp³-hybridized carbons (Fsp3) is 0.286. The van der Waals surface area contributed by atoms with Crippen molar-refractivity contribution in [2.24, 2.45) is 0 Å². The number of carbonyl (C=O) groups is 3. The Morgan fingerprint density at radius 2 is 1.61 bits per heavy atom. The van der Waals surface area contributed by atoms with Crippen LogP contribution in [0.4, 0.5) is 0 Å². The van der Waals surface area contributed by atoms with Crippen LogP contribution in [0.1, 0.15) is 49.1 Å². The van der Waals surface area contributed by atoms with Gasteiger partial charge in [-0.1, -0.05) is 24.3 Å². The molecule has 0 unspecified atom stereocenters. The van der Waals surface area contributed by atoms with Gasteiger partial charge in [0, 0.05) is 45.1 Å². The summed E-state index contributed by atoms with van der Waals surface area (Å²) < 4.78 is 5.75. The van der Waals surface area contributed by atoms with E-state index in [4.69, 9.17) is 4.74 Å². The molecule has 5 rings (SSSR count). The number of carbonyl (C=O) groups excluding carboxylic acids is 3. The van der Waals surface area contributed by atoms with E-state index in [1.165, 1.54) is 4.90 Å². The molecule has 8 heteroatoms. The second kappa shape index (κ2) is 10.3. The number of imide groups is 1. The molecule has 0 bridgehead atoms. The molecule has 3 amide bonds. The van der Waals surface area contributed by atoms with Crippen molar-refractivity contribution in [2.45, 2.75) is 20.0 Å². The lowest BCUT2D eigenvalue weighted by Gasteiger charge is -2.35. The first-order valence-corrected chi connectivity index (χ1v) is 12.2. The molecule has 3 aromatic rings. The molecule has 0 atom stereocenters. The third-order valence-electron chi connectivity index (χ3n) is 6.58. The second-order valence-electron chi connectivity index (χ2n) is 8.94. The van der Waals surface area contributed by atoms with Crippen LogP contribution in [0, 0.1) is 0 Å². The number of hydrogen-bond acceptors (Lipinski definition) is 6. The summed E-state index contributed by atoms with van der Waals surface area (Å²) in [5, 5.41) is 0. The van der Waals surface area contributed by atoms with Crippen molar-refractivity contribution in [3.05, 3.63) is 94.8 Å². The van der Waals surface area contributed by atoms with Crippen LogP contribution in [0.25, 0.3) is 0 Å². The van der Waals surface area contributed by atoms with Gasteiger partial charge in [-0.15, -0.1) is 0 Å². The van der Waals surface area contributed by atoms with Gasteiger partial charge in [-0.2, -0.15) is 0 Å². The molecule has 0 spiro atoms. The van der Waals surface area contributed by atoms with E-state index in [1.54, 1.807) is 48.7 Å². The first-order valence-electron chi connectivity index (χ1n) is 12.2. The lowest BCUT2D eigenvalue weighted by molar-refractivity contribution is 0.0623. The van der Waals surface area contributed by atoms with Crippen molar-refractivity contribution in [1.82, 2.24) is 19.7 Å². The first-order chi connectivity index (χ1) is 17.5. The molecule has 1 saturated heterocycles. The van der Waals surface area contributed by atoms with Crippen molar-refractivity contribution in [2.75, 3.05) is 32.8 Å². The molecule has 2 aliphatic heterocycles. The predicted octanol–water partition coefficient (Wildman–Crippen LogP) is 3.23. The van der Waals surface area contributed by atoms with Crippen molar-refractivity contribution in [3.8, 4) is 5.75 Å². The molecule has 36 heavy (non-hydrogen) atoms. The zero-order valence-electron chi connectivity index (χ0n) is 20.2. The van der Waals surface area contributed by atoms with Gasteiger partial charge in [-0.3, -0.25) is 29.2 Å². The normalized spacial score (nSPS) is 15.8. The summed E-state index contributed by atoms with van der Waals surface area (Å²) in [5.74, 6) is -0.237. The Morgan fingerprint density at radius 3 is 2.25 bits per heavy atom. The van der Waals surface area contributed by atoms with E-state index >= 15 is 0 Å². The number of piperazine rings is 1. The molecular weight excluding hydrogens is 456 g/mol. The Hall–Kier alpha value is -4.04. The zero-order valence-corrected chi connectivity index (χ0v) is 20.2. The summed E-state index contributed by atoms with van der Waals surface area (Å²) >= 11 is 0. The highest BCUT2D eigenvalue weighted by Crippen LogP contribution is 2.27. The average molecular weight is 485 g/mol. The first kappa shape index (κ1) is 23.7. The van der Waals surface area contributed by atoms with E-state index < -0.39 is 0 Å². The number of pyridine rings is 1. The highest BCUT2D eigenvalue weighted by atomic mass is 16.5. The number of nitrogens with zero attached hydrogens (tertiary/aromatic N) is 4. The molecule has 1 fully saturated rings. The summed E-state index contributed by atoms with van der Waals surface area (Å²) in [4.78, 5) is 48.7. The van der Waals surface area contributed by atoms with Crippen LogP contribution >= 0.6 is 0 Å². The largest absolute Gasteiger partial charge is 0.493 e. The fourth-order valence-corrected chi connectivity index (χ4v) is 4.72. The van der Waals surface area contributed by atoms with Gasteiger partial charge < -0.3 is 9.64 Å². The van der Waals surface area contributed by atoms with Crippen LogP contribution in [0.5, 0.6) is 5.75 Å². The van der Waals surface area contributed by atoms with Gasteiger partial charge in [0.15, 0.2) is 0 Å². The monoisotopic (exact) mass is 484 g/mol. The van der Waals surface area contributed by atoms with Crippen LogP contribution < -0.4 is 4.74 Å². The van der Waals surface area contributed by atoms with Crippen molar-refractivity contribution < 1.29 is 19.1 Å². The number of hydrogen-bond donors (Lipinski definition) is 0. The predicted molar refractivity (Wildman–Crippen MR) is 134 cm³/mol. The number of ether oxygens (including phenoxy) is 1. The Balaban J connectivity index is 1.30. The number of amides is 3. The number of aromatic nitrogens is 1. The van der Waals surface area contributed by atoms with Crippen LogP contribution in [-0.2, 0) is 13.1 Å².